The summed E-state index contributed by atoms with van der Waals surface area (Å²) in [5, 5.41) is 0. The summed E-state index contributed by atoms with van der Waals surface area (Å²) in [6, 6.07) is 5.91. The van der Waals surface area contributed by atoms with Crippen molar-refractivity contribution < 1.29 is 9.18 Å². The maximum Gasteiger partial charge on any atom is 0.242 e. The lowest BCUT2D eigenvalue weighted by molar-refractivity contribution is -0.128. The number of carbonyl (C=O) groups excluding carboxylic acids is 1. The molecule has 0 aliphatic carbocycles. The summed E-state index contributed by atoms with van der Waals surface area (Å²) in [6.07, 6.45) is 0. The van der Waals surface area contributed by atoms with Gasteiger partial charge in [0.2, 0.25) is 5.91 Å². The molecule has 0 fully saturated rings. The van der Waals surface area contributed by atoms with Crippen LogP contribution < -0.4 is 5.73 Å². The van der Waals surface area contributed by atoms with Crippen molar-refractivity contribution in [3.05, 3.63) is 35.6 Å². The Morgan fingerprint density at radius 3 is 2.47 bits per heavy atom. The molecule has 1 rings (SSSR count). The number of likely N-dealkylation sites (N-methyl/N-ethyl adjacent to an activating group) is 1. The van der Waals surface area contributed by atoms with Gasteiger partial charge in [-0.2, -0.15) is 0 Å². The van der Waals surface area contributed by atoms with E-state index in [4.69, 9.17) is 5.73 Å². The highest BCUT2D eigenvalue weighted by Gasteiger charge is 2.35. The van der Waals surface area contributed by atoms with E-state index in [0.717, 1.165) is 0 Å². The maximum atomic E-state index is 13.1. The normalized spacial score (nSPS) is 15.0. The number of primary amides is 1. The SMILES string of the molecule is CN(C)C(C)(C(N)=O)c1cccc(F)c1. The van der Waals surface area contributed by atoms with Gasteiger partial charge in [0.1, 0.15) is 11.4 Å². The van der Waals surface area contributed by atoms with Crippen molar-refractivity contribution in [2.24, 2.45) is 5.73 Å². The Morgan fingerprint density at radius 1 is 1.47 bits per heavy atom. The standard InChI is InChI=1S/C11H15FN2O/c1-11(10(13)15,14(2)3)8-5-4-6-9(12)7-8/h4-7H,1-3H3,(H2,13,15). The van der Waals surface area contributed by atoms with Crippen LogP contribution in [0.5, 0.6) is 0 Å². The molecule has 0 aliphatic heterocycles. The van der Waals surface area contributed by atoms with Gasteiger partial charge in [0.25, 0.3) is 0 Å². The molecule has 0 bridgehead atoms. The number of nitrogens with zero attached hydrogens (tertiary/aromatic N) is 1. The fraction of sp³-hybridized carbons (Fsp3) is 0.364. The smallest absolute Gasteiger partial charge is 0.242 e. The lowest BCUT2D eigenvalue weighted by Crippen LogP contribution is -2.49. The van der Waals surface area contributed by atoms with E-state index in [1.165, 1.54) is 12.1 Å². The molecule has 15 heavy (non-hydrogen) atoms. The van der Waals surface area contributed by atoms with Crippen LogP contribution >= 0.6 is 0 Å². The Hall–Kier alpha value is -1.42. The topological polar surface area (TPSA) is 46.3 Å². The Labute approximate surface area is 88.7 Å². The molecular weight excluding hydrogens is 195 g/mol. The van der Waals surface area contributed by atoms with Gasteiger partial charge < -0.3 is 5.73 Å². The lowest BCUT2D eigenvalue weighted by Gasteiger charge is -2.33. The third kappa shape index (κ3) is 1.99. The maximum absolute atomic E-state index is 13.1. The minimum absolute atomic E-state index is 0.373. The Balaban J connectivity index is 3.28. The van der Waals surface area contributed by atoms with E-state index in [-0.39, 0.29) is 5.82 Å². The van der Waals surface area contributed by atoms with Crippen LogP contribution in [0.25, 0.3) is 0 Å². The quantitative estimate of drug-likeness (QED) is 0.811. The Morgan fingerprint density at radius 2 is 2.07 bits per heavy atom. The molecule has 0 saturated carbocycles. The summed E-state index contributed by atoms with van der Waals surface area (Å²) >= 11 is 0. The number of hydrogen-bond acceptors (Lipinski definition) is 2. The van der Waals surface area contributed by atoms with Gasteiger partial charge in [-0.15, -0.1) is 0 Å². The van der Waals surface area contributed by atoms with Crippen LogP contribution in [-0.2, 0) is 10.3 Å². The lowest BCUT2D eigenvalue weighted by atomic mass is 9.90. The van der Waals surface area contributed by atoms with Gasteiger partial charge in [-0.3, -0.25) is 9.69 Å². The van der Waals surface area contributed by atoms with Crippen molar-refractivity contribution in [3.8, 4) is 0 Å². The predicted molar refractivity (Wildman–Crippen MR) is 56.6 cm³/mol. The van der Waals surface area contributed by atoms with Crippen molar-refractivity contribution in [1.82, 2.24) is 4.90 Å². The summed E-state index contributed by atoms with van der Waals surface area (Å²) in [5.74, 6) is -0.875. The minimum atomic E-state index is -0.984. The highest BCUT2D eigenvalue weighted by Crippen LogP contribution is 2.25. The molecule has 1 aromatic rings. The number of halogens is 1. The van der Waals surface area contributed by atoms with Crippen LogP contribution in [0.4, 0.5) is 4.39 Å². The molecule has 2 N–H and O–H groups in total. The highest BCUT2D eigenvalue weighted by atomic mass is 19.1. The van der Waals surface area contributed by atoms with E-state index in [0.29, 0.717) is 5.56 Å². The molecule has 1 unspecified atom stereocenters. The first-order valence-corrected chi connectivity index (χ1v) is 4.62. The number of nitrogens with two attached hydrogens (primary N) is 1. The molecule has 0 heterocycles. The average molecular weight is 210 g/mol. The summed E-state index contributed by atoms with van der Waals surface area (Å²) in [6.45, 7) is 1.67. The molecule has 82 valence electrons. The van der Waals surface area contributed by atoms with Crippen LogP contribution in [0, 0.1) is 5.82 Å². The zero-order valence-corrected chi connectivity index (χ0v) is 9.12. The van der Waals surface area contributed by atoms with E-state index in [2.05, 4.69) is 0 Å². The molecule has 3 nitrogen and oxygen atoms in total. The minimum Gasteiger partial charge on any atom is -0.368 e. The second kappa shape index (κ2) is 3.98. The molecule has 4 heteroatoms. The van der Waals surface area contributed by atoms with Crippen molar-refractivity contribution in [2.45, 2.75) is 12.5 Å². The second-order valence-electron chi connectivity index (χ2n) is 3.84. The average Bonchev–Trinajstić information content (AvgIpc) is 2.15. The van der Waals surface area contributed by atoms with E-state index in [9.17, 15) is 9.18 Å². The monoisotopic (exact) mass is 210 g/mol. The molecule has 0 saturated heterocycles. The Bertz CT molecular complexity index is 379. The van der Waals surface area contributed by atoms with Crippen molar-refractivity contribution in [3.63, 3.8) is 0 Å². The van der Waals surface area contributed by atoms with E-state index in [1.807, 2.05) is 0 Å². The Kier molecular flexibility index (Phi) is 3.09. The first-order chi connectivity index (χ1) is 6.89. The number of carbonyl (C=O) groups is 1. The van der Waals surface area contributed by atoms with Gasteiger partial charge >= 0.3 is 0 Å². The van der Waals surface area contributed by atoms with Crippen LogP contribution in [0.1, 0.15) is 12.5 Å². The zero-order valence-electron chi connectivity index (χ0n) is 9.12. The van der Waals surface area contributed by atoms with Crippen LogP contribution in [0.2, 0.25) is 0 Å². The first-order valence-electron chi connectivity index (χ1n) is 4.62. The van der Waals surface area contributed by atoms with Crippen LogP contribution in [-0.4, -0.2) is 24.9 Å². The highest BCUT2D eigenvalue weighted by molar-refractivity contribution is 5.85. The molecule has 0 aromatic heterocycles. The number of amides is 1. The van der Waals surface area contributed by atoms with Gasteiger partial charge in [0, 0.05) is 0 Å². The summed E-state index contributed by atoms with van der Waals surface area (Å²) in [7, 11) is 3.46. The predicted octanol–water partition coefficient (Wildman–Crippen LogP) is 1.09. The van der Waals surface area contributed by atoms with Crippen LogP contribution in [0.3, 0.4) is 0 Å². The van der Waals surface area contributed by atoms with Gasteiger partial charge in [-0.05, 0) is 38.7 Å². The first kappa shape index (κ1) is 11.7. The van der Waals surface area contributed by atoms with Gasteiger partial charge in [0.15, 0.2) is 0 Å². The zero-order chi connectivity index (χ0) is 11.6. The largest absolute Gasteiger partial charge is 0.368 e. The van der Waals surface area contributed by atoms with E-state index >= 15 is 0 Å². The van der Waals surface area contributed by atoms with Crippen molar-refractivity contribution >= 4 is 5.91 Å². The second-order valence-corrected chi connectivity index (χ2v) is 3.84. The van der Waals surface area contributed by atoms with Crippen molar-refractivity contribution in [1.29, 1.82) is 0 Å². The van der Waals surface area contributed by atoms with Crippen molar-refractivity contribution in [2.75, 3.05) is 14.1 Å². The van der Waals surface area contributed by atoms with Gasteiger partial charge in [-0.25, -0.2) is 4.39 Å². The number of hydrogen-bond donors (Lipinski definition) is 1. The molecular formula is C11H15FN2O. The summed E-state index contributed by atoms with van der Waals surface area (Å²) < 4.78 is 13.1. The number of rotatable bonds is 3. The number of benzene rings is 1. The fourth-order valence-corrected chi connectivity index (χ4v) is 1.41. The molecule has 1 aromatic carbocycles. The van der Waals surface area contributed by atoms with Gasteiger partial charge in [-0.1, -0.05) is 12.1 Å². The molecule has 1 amide bonds. The molecule has 1 atom stereocenters. The third-order valence-electron chi connectivity index (χ3n) is 2.76. The van der Waals surface area contributed by atoms with Crippen LogP contribution in [0.15, 0.2) is 24.3 Å². The molecule has 0 spiro atoms. The van der Waals surface area contributed by atoms with E-state index < -0.39 is 11.4 Å². The molecule has 0 radical (unpaired) electrons. The summed E-state index contributed by atoms with van der Waals surface area (Å²) in [4.78, 5) is 13.1. The summed E-state index contributed by atoms with van der Waals surface area (Å²) in [5.41, 5.74) is 4.92. The van der Waals surface area contributed by atoms with Gasteiger partial charge in [0.05, 0.1) is 0 Å². The fourth-order valence-electron chi connectivity index (χ4n) is 1.41. The van der Waals surface area contributed by atoms with E-state index in [1.54, 1.807) is 38.1 Å². The molecule has 0 aliphatic rings. The third-order valence-corrected chi connectivity index (χ3v) is 2.76.